The smallest absolute Gasteiger partial charge is 0.0154 e. The fourth-order valence-corrected chi connectivity index (χ4v) is 7.99. The van der Waals surface area contributed by atoms with E-state index in [-0.39, 0.29) is 5.41 Å². The minimum absolute atomic E-state index is 0.227. The molecule has 0 aromatic rings. The summed E-state index contributed by atoms with van der Waals surface area (Å²) in [5.74, 6) is 1.41. The van der Waals surface area contributed by atoms with Crippen molar-refractivity contribution < 1.29 is 0 Å². The first kappa shape index (κ1) is 34.6. The van der Waals surface area contributed by atoms with Gasteiger partial charge in [-0.1, -0.05) is 135 Å². The largest absolute Gasteiger partial charge is 0.0996 e. The fourth-order valence-electron chi connectivity index (χ4n) is 7.99. The molecule has 0 radical (unpaired) electrons. The standard InChI is InChI=1S/C36H54.2C2H6/c1-8-9-10-13-29(4)36(24-25-36)30(5)14-11-21-34(6)23-20-33-32(15-12-22-35(33,34)7)19-18-31-17-16-27(2)28(3)26-31;2*1-2/h11,14,18-19,28,33H,2,4-5,8-10,12-13,15-17,20-26H2,1,3,6-7H3;2*1-2H3/b14-11+,31-18-,32-19+;;/t28?,33?,34-,35?;;/m0../s1. The molecule has 0 spiro atoms. The SMILES string of the molecule is C=C1CC/C(=C/C=C2\CCCC3(C)C2CC[C@]3(C)C/C=C/C(=C)C2(C(=C)CCCCC)CC2)CC1C.CC.CC. The Morgan fingerprint density at radius 1 is 0.925 bits per heavy atom. The molecule has 4 atom stereocenters. The predicted molar refractivity (Wildman–Crippen MR) is 182 cm³/mol. The lowest BCUT2D eigenvalue weighted by atomic mass is 9.56. The molecule has 4 rings (SSSR count). The molecule has 0 aromatic heterocycles. The molecule has 0 saturated heterocycles. The van der Waals surface area contributed by atoms with Gasteiger partial charge in [-0.25, -0.2) is 0 Å². The van der Waals surface area contributed by atoms with Gasteiger partial charge in [-0.15, -0.1) is 0 Å². The Morgan fingerprint density at radius 2 is 1.62 bits per heavy atom. The minimum Gasteiger partial charge on any atom is -0.0996 e. The van der Waals surface area contributed by atoms with E-state index in [1.165, 1.54) is 113 Å². The summed E-state index contributed by atoms with van der Waals surface area (Å²) < 4.78 is 0. The van der Waals surface area contributed by atoms with Crippen LogP contribution in [0, 0.1) is 28.1 Å². The van der Waals surface area contributed by atoms with Gasteiger partial charge in [0.1, 0.15) is 0 Å². The molecule has 0 amide bonds. The summed E-state index contributed by atoms with van der Waals surface area (Å²) >= 11 is 0. The number of hydrogen-bond acceptors (Lipinski definition) is 0. The van der Waals surface area contributed by atoms with Crippen molar-refractivity contribution >= 4 is 0 Å². The minimum atomic E-state index is 0.227. The van der Waals surface area contributed by atoms with Crippen LogP contribution in [0.5, 0.6) is 0 Å². The Labute approximate surface area is 251 Å². The summed E-state index contributed by atoms with van der Waals surface area (Å²) in [7, 11) is 0. The van der Waals surface area contributed by atoms with Gasteiger partial charge in [0.2, 0.25) is 0 Å². The van der Waals surface area contributed by atoms with Crippen molar-refractivity contribution in [2.24, 2.45) is 28.1 Å². The molecule has 0 heterocycles. The topological polar surface area (TPSA) is 0 Å². The number of unbranched alkanes of at least 4 members (excludes halogenated alkanes) is 2. The molecule has 0 N–H and O–H groups in total. The van der Waals surface area contributed by atoms with Gasteiger partial charge in [0.25, 0.3) is 0 Å². The van der Waals surface area contributed by atoms with Crippen LogP contribution in [-0.4, -0.2) is 0 Å². The average molecular weight is 547 g/mol. The zero-order chi connectivity index (χ0) is 30.0. The Hall–Kier alpha value is -1.56. The van der Waals surface area contributed by atoms with Gasteiger partial charge in [-0.2, -0.15) is 0 Å². The highest BCUT2D eigenvalue weighted by Gasteiger charge is 2.55. The molecule has 0 aromatic carbocycles. The quantitative estimate of drug-likeness (QED) is 0.145. The van der Waals surface area contributed by atoms with E-state index >= 15 is 0 Å². The number of fused-ring (bicyclic) bond motifs is 1. The van der Waals surface area contributed by atoms with Crippen LogP contribution < -0.4 is 0 Å². The van der Waals surface area contributed by atoms with Crippen LogP contribution >= 0.6 is 0 Å². The van der Waals surface area contributed by atoms with Crippen LogP contribution in [0.4, 0.5) is 0 Å². The summed E-state index contributed by atoms with van der Waals surface area (Å²) in [6.07, 6.45) is 29.1. The normalized spacial score (nSPS) is 32.6. The first-order valence-corrected chi connectivity index (χ1v) is 17.3. The lowest BCUT2D eigenvalue weighted by molar-refractivity contribution is 0.0549. The number of hydrogen-bond donors (Lipinski definition) is 0. The van der Waals surface area contributed by atoms with Crippen LogP contribution in [0.3, 0.4) is 0 Å². The van der Waals surface area contributed by atoms with Crippen molar-refractivity contribution in [1.29, 1.82) is 0 Å². The van der Waals surface area contributed by atoms with Crippen molar-refractivity contribution in [1.82, 2.24) is 0 Å². The molecule has 0 bridgehead atoms. The number of allylic oxidation sites excluding steroid dienone is 9. The summed E-state index contributed by atoms with van der Waals surface area (Å²) in [4.78, 5) is 0. The molecule has 226 valence electrons. The molecule has 0 aliphatic heterocycles. The monoisotopic (exact) mass is 547 g/mol. The van der Waals surface area contributed by atoms with E-state index in [9.17, 15) is 0 Å². The molecule has 0 nitrogen and oxygen atoms in total. The van der Waals surface area contributed by atoms with Crippen molar-refractivity contribution in [2.75, 3.05) is 0 Å². The van der Waals surface area contributed by atoms with Crippen LogP contribution in [-0.2, 0) is 0 Å². The Morgan fingerprint density at radius 3 is 2.25 bits per heavy atom. The van der Waals surface area contributed by atoms with Crippen LogP contribution in [0.1, 0.15) is 152 Å². The second-order valence-electron chi connectivity index (χ2n) is 13.5. The molecular weight excluding hydrogens is 480 g/mol. The lowest BCUT2D eigenvalue weighted by Crippen LogP contribution is -2.39. The summed E-state index contributed by atoms with van der Waals surface area (Å²) in [6, 6.07) is 0. The fraction of sp³-hybridized carbons (Fsp3) is 0.700. The van der Waals surface area contributed by atoms with E-state index in [0.29, 0.717) is 16.7 Å². The third-order valence-electron chi connectivity index (χ3n) is 11.3. The van der Waals surface area contributed by atoms with E-state index in [4.69, 9.17) is 0 Å². The van der Waals surface area contributed by atoms with Crippen LogP contribution in [0.25, 0.3) is 0 Å². The third-order valence-corrected chi connectivity index (χ3v) is 11.3. The highest BCUT2D eigenvalue weighted by molar-refractivity contribution is 5.39. The molecule has 40 heavy (non-hydrogen) atoms. The summed E-state index contributed by atoms with van der Waals surface area (Å²) in [5.41, 5.74) is 8.62. The Balaban J connectivity index is 0.00000134. The molecule has 4 aliphatic carbocycles. The van der Waals surface area contributed by atoms with E-state index in [1.54, 1.807) is 11.1 Å². The van der Waals surface area contributed by atoms with Crippen molar-refractivity contribution in [3.05, 3.63) is 71.9 Å². The van der Waals surface area contributed by atoms with Gasteiger partial charge < -0.3 is 0 Å². The van der Waals surface area contributed by atoms with E-state index in [1.807, 2.05) is 27.7 Å². The van der Waals surface area contributed by atoms with Gasteiger partial charge in [-0.3, -0.25) is 0 Å². The second kappa shape index (κ2) is 15.6. The van der Waals surface area contributed by atoms with Crippen molar-refractivity contribution in [3.8, 4) is 0 Å². The average Bonchev–Trinajstić information content (AvgIpc) is 3.73. The van der Waals surface area contributed by atoms with Crippen molar-refractivity contribution in [2.45, 2.75) is 152 Å². The van der Waals surface area contributed by atoms with Gasteiger partial charge in [-0.05, 0) is 112 Å². The Kier molecular flexibility index (Phi) is 13.5. The third kappa shape index (κ3) is 7.63. The molecule has 4 aliphatic rings. The predicted octanol–water partition coefficient (Wildman–Crippen LogP) is 13.3. The first-order chi connectivity index (χ1) is 19.1. The zero-order valence-electron chi connectivity index (χ0n) is 28.2. The van der Waals surface area contributed by atoms with Gasteiger partial charge >= 0.3 is 0 Å². The lowest BCUT2D eigenvalue weighted by Gasteiger charge is -2.48. The molecule has 3 unspecified atom stereocenters. The first-order valence-electron chi connectivity index (χ1n) is 17.3. The molecule has 4 saturated carbocycles. The van der Waals surface area contributed by atoms with Gasteiger partial charge in [0.05, 0.1) is 0 Å². The zero-order valence-corrected chi connectivity index (χ0v) is 28.2. The molecule has 0 heteroatoms. The van der Waals surface area contributed by atoms with Crippen LogP contribution in [0.15, 0.2) is 71.9 Å². The highest BCUT2D eigenvalue weighted by Crippen LogP contribution is 2.65. The Bertz CT molecular complexity index is 947. The van der Waals surface area contributed by atoms with E-state index < -0.39 is 0 Å². The van der Waals surface area contributed by atoms with E-state index in [2.05, 4.69) is 71.7 Å². The van der Waals surface area contributed by atoms with Crippen LogP contribution in [0.2, 0.25) is 0 Å². The maximum Gasteiger partial charge on any atom is 0.0154 e. The maximum atomic E-state index is 4.55. The highest BCUT2D eigenvalue weighted by atomic mass is 14.6. The number of rotatable bonds is 10. The van der Waals surface area contributed by atoms with Gasteiger partial charge in [0, 0.05) is 5.41 Å². The summed E-state index contributed by atoms with van der Waals surface area (Å²) in [6.45, 7) is 31.2. The summed E-state index contributed by atoms with van der Waals surface area (Å²) in [5, 5.41) is 0. The molecular formula is C40H66. The second-order valence-corrected chi connectivity index (χ2v) is 13.5. The van der Waals surface area contributed by atoms with E-state index in [0.717, 1.165) is 5.92 Å². The van der Waals surface area contributed by atoms with Crippen molar-refractivity contribution in [3.63, 3.8) is 0 Å². The molecule has 4 fully saturated rings. The van der Waals surface area contributed by atoms with Gasteiger partial charge in [0.15, 0.2) is 0 Å². The maximum absolute atomic E-state index is 4.55.